The molecule has 0 spiro atoms. The fraction of sp³-hybridized carbons (Fsp3) is 0.864. The van der Waals surface area contributed by atoms with Gasteiger partial charge in [-0.15, -0.1) is 6.58 Å². The smallest absolute Gasteiger partial charge is 0.222 e. The van der Waals surface area contributed by atoms with Crippen molar-refractivity contribution in [3.05, 3.63) is 12.7 Å². The van der Waals surface area contributed by atoms with E-state index in [1.165, 1.54) is 64.2 Å². The summed E-state index contributed by atoms with van der Waals surface area (Å²) in [5.74, 6) is 0.362. The number of amides is 1. The second-order valence-corrected chi connectivity index (χ2v) is 7.76. The van der Waals surface area contributed by atoms with Crippen molar-refractivity contribution in [2.24, 2.45) is 0 Å². The minimum absolute atomic E-state index is 0.362. The van der Waals surface area contributed by atoms with Crippen molar-refractivity contribution in [3.63, 3.8) is 0 Å². The highest BCUT2D eigenvalue weighted by atomic mass is 16.2. The van der Waals surface area contributed by atoms with Crippen LogP contribution in [0, 0.1) is 0 Å². The maximum Gasteiger partial charge on any atom is 0.222 e. The Bertz CT molecular complexity index is 356. The molecule has 1 amide bonds. The standard InChI is InChI=1S/C22H42N2O/c1-4-6-7-8-9-10-11-12-13-14-15-16-22(25)24-19-18-23(17-5-2)21(3)20-24/h5,21H,2,4,6-20H2,1,3H3. The number of nitrogens with zero attached hydrogens (tertiary/aromatic N) is 2. The Balaban J connectivity index is 1.96. The third kappa shape index (κ3) is 10.0. The molecule has 3 heteroatoms. The molecule has 0 aromatic carbocycles. The van der Waals surface area contributed by atoms with Crippen LogP contribution < -0.4 is 0 Å². The molecule has 1 aliphatic heterocycles. The van der Waals surface area contributed by atoms with Crippen LogP contribution in [0.25, 0.3) is 0 Å². The zero-order valence-corrected chi connectivity index (χ0v) is 17.0. The predicted octanol–water partition coefficient (Wildman–Crippen LogP) is 5.41. The van der Waals surface area contributed by atoms with Crippen molar-refractivity contribution in [2.75, 3.05) is 26.2 Å². The van der Waals surface area contributed by atoms with Gasteiger partial charge in [0.25, 0.3) is 0 Å². The zero-order chi connectivity index (χ0) is 18.3. The number of rotatable bonds is 14. The fourth-order valence-electron chi connectivity index (χ4n) is 3.76. The van der Waals surface area contributed by atoms with Crippen LogP contribution in [0.15, 0.2) is 12.7 Å². The maximum atomic E-state index is 12.4. The van der Waals surface area contributed by atoms with Gasteiger partial charge in [-0.05, 0) is 13.3 Å². The summed E-state index contributed by atoms with van der Waals surface area (Å²) in [6.45, 7) is 12.0. The average molecular weight is 351 g/mol. The summed E-state index contributed by atoms with van der Waals surface area (Å²) in [5.41, 5.74) is 0. The van der Waals surface area contributed by atoms with Crippen molar-refractivity contribution in [1.29, 1.82) is 0 Å². The highest BCUT2D eigenvalue weighted by molar-refractivity contribution is 5.76. The first-order valence-electron chi connectivity index (χ1n) is 10.8. The van der Waals surface area contributed by atoms with E-state index in [1.54, 1.807) is 0 Å². The summed E-state index contributed by atoms with van der Waals surface area (Å²) in [6.07, 6.45) is 17.4. The second-order valence-electron chi connectivity index (χ2n) is 7.76. The van der Waals surface area contributed by atoms with Gasteiger partial charge >= 0.3 is 0 Å². The SMILES string of the molecule is C=CCN1CCN(C(=O)CCCCCCCCCCCCC)CC1C. The van der Waals surface area contributed by atoms with Crippen LogP contribution in [0.1, 0.15) is 90.9 Å². The van der Waals surface area contributed by atoms with Crippen molar-refractivity contribution >= 4 is 5.91 Å². The van der Waals surface area contributed by atoms with Crippen molar-refractivity contribution < 1.29 is 4.79 Å². The van der Waals surface area contributed by atoms with Gasteiger partial charge in [0.2, 0.25) is 5.91 Å². The van der Waals surface area contributed by atoms with Crippen LogP contribution >= 0.6 is 0 Å². The number of hydrogen-bond donors (Lipinski definition) is 0. The van der Waals surface area contributed by atoms with Gasteiger partial charge in [0, 0.05) is 38.6 Å². The molecule has 25 heavy (non-hydrogen) atoms. The molecule has 1 heterocycles. The van der Waals surface area contributed by atoms with Crippen molar-refractivity contribution in [1.82, 2.24) is 9.80 Å². The Labute approximate surface area is 156 Å². The topological polar surface area (TPSA) is 23.6 Å². The summed E-state index contributed by atoms with van der Waals surface area (Å²) in [6, 6.07) is 0.452. The minimum atomic E-state index is 0.362. The molecule has 3 nitrogen and oxygen atoms in total. The van der Waals surface area contributed by atoms with Gasteiger partial charge in [-0.1, -0.05) is 77.2 Å². The van der Waals surface area contributed by atoms with Gasteiger partial charge in [-0.25, -0.2) is 0 Å². The Hall–Kier alpha value is -0.830. The van der Waals surface area contributed by atoms with Gasteiger partial charge in [0.05, 0.1) is 0 Å². The van der Waals surface area contributed by atoms with E-state index < -0.39 is 0 Å². The third-order valence-electron chi connectivity index (χ3n) is 5.48. The zero-order valence-electron chi connectivity index (χ0n) is 17.0. The summed E-state index contributed by atoms with van der Waals surface area (Å²) >= 11 is 0. The van der Waals surface area contributed by atoms with Crippen molar-refractivity contribution in [2.45, 2.75) is 96.9 Å². The van der Waals surface area contributed by atoms with Crippen LogP contribution in [0.5, 0.6) is 0 Å². The normalized spacial score (nSPS) is 18.5. The molecule has 0 bridgehead atoms. The van der Waals surface area contributed by atoms with Crippen LogP contribution in [0.3, 0.4) is 0 Å². The molecule has 0 N–H and O–H groups in total. The minimum Gasteiger partial charge on any atom is -0.340 e. The van der Waals surface area contributed by atoms with Crippen LogP contribution in [-0.4, -0.2) is 47.9 Å². The summed E-state index contributed by atoms with van der Waals surface area (Å²) < 4.78 is 0. The van der Waals surface area contributed by atoms with E-state index in [1.807, 2.05) is 6.08 Å². The maximum absolute atomic E-state index is 12.4. The van der Waals surface area contributed by atoms with Gasteiger partial charge in [0.1, 0.15) is 0 Å². The van der Waals surface area contributed by atoms with Gasteiger partial charge in [-0.3, -0.25) is 9.69 Å². The molecule has 1 unspecified atom stereocenters. The number of hydrogen-bond acceptors (Lipinski definition) is 2. The van der Waals surface area contributed by atoms with Gasteiger partial charge in [-0.2, -0.15) is 0 Å². The van der Waals surface area contributed by atoms with E-state index in [-0.39, 0.29) is 0 Å². The number of unbranched alkanes of at least 4 members (excludes halogenated alkanes) is 10. The van der Waals surface area contributed by atoms with E-state index in [2.05, 4.69) is 30.2 Å². The highest BCUT2D eigenvalue weighted by Crippen LogP contribution is 2.14. The summed E-state index contributed by atoms with van der Waals surface area (Å²) in [5, 5.41) is 0. The molecule has 0 radical (unpaired) electrons. The Kier molecular flexibility index (Phi) is 12.8. The fourth-order valence-corrected chi connectivity index (χ4v) is 3.76. The molecule has 146 valence electrons. The van der Waals surface area contributed by atoms with E-state index in [4.69, 9.17) is 0 Å². The van der Waals surface area contributed by atoms with Gasteiger partial charge < -0.3 is 4.90 Å². The molecular weight excluding hydrogens is 308 g/mol. The predicted molar refractivity (Wildman–Crippen MR) is 109 cm³/mol. The average Bonchev–Trinajstić information content (AvgIpc) is 2.61. The molecule has 0 aromatic rings. The lowest BCUT2D eigenvalue weighted by atomic mass is 10.0. The van der Waals surface area contributed by atoms with E-state index in [0.29, 0.717) is 11.9 Å². The molecule has 1 fully saturated rings. The molecule has 1 atom stereocenters. The molecule has 1 aliphatic rings. The third-order valence-corrected chi connectivity index (χ3v) is 5.48. The monoisotopic (exact) mass is 350 g/mol. The Morgan fingerprint density at radius 2 is 1.52 bits per heavy atom. The Morgan fingerprint density at radius 1 is 0.960 bits per heavy atom. The number of carbonyl (C=O) groups is 1. The van der Waals surface area contributed by atoms with E-state index >= 15 is 0 Å². The molecule has 0 aromatic heterocycles. The first-order valence-corrected chi connectivity index (χ1v) is 10.8. The largest absolute Gasteiger partial charge is 0.340 e. The molecule has 0 saturated carbocycles. The lowest BCUT2D eigenvalue weighted by molar-refractivity contribution is -0.134. The quantitative estimate of drug-likeness (QED) is 0.309. The number of carbonyl (C=O) groups excluding carboxylic acids is 1. The van der Waals surface area contributed by atoms with Crippen LogP contribution in [0.2, 0.25) is 0 Å². The molecule has 1 saturated heterocycles. The van der Waals surface area contributed by atoms with E-state index in [0.717, 1.165) is 39.0 Å². The van der Waals surface area contributed by atoms with Crippen LogP contribution in [-0.2, 0) is 4.79 Å². The summed E-state index contributed by atoms with van der Waals surface area (Å²) in [7, 11) is 0. The lowest BCUT2D eigenvalue weighted by Gasteiger charge is -2.39. The lowest BCUT2D eigenvalue weighted by Crippen LogP contribution is -2.53. The molecular formula is C22H42N2O. The van der Waals surface area contributed by atoms with Crippen molar-refractivity contribution in [3.8, 4) is 0 Å². The van der Waals surface area contributed by atoms with Gasteiger partial charge in [0.15, 0.2) is 0 Å². The first-order chi connectivity index (χ1) is 12.2. The molecule has 1 rings (SSSR count). The number of piperazine rings is 1. The Morgan fingerprint density at radius 3 is 2.04 bits per heavy atom. The summed E-state index contributed by atoms with van der Waals surface area (Å²) in [4.78, 5) is 16.8. The van der Waals surface area contributed by atoms with E-state index in [9.17, 15) is 4.79 Å². The van der Waals surface area contributed by atoms with Crippen LogP contribution in [0.4, 0.5) is 0 Å². The highest BCUT2D eigenvalue weighted by Gasteiger charge is 2.25. The second kappa shape index (κ2) is 14.4. The first kappa shape index (κ1) is 22.2. The molecule has 0 aliphatic carbocycles.